The van der Waals surface area contributed by atoms with Gasteiger partial charge < -0.3 is 5.32 Å². The lowest BCUT2D eigenvalue weighted by Crippen LogP contribution is -2.15. The Kier molecular flexibility index (Phi) is 7.62. The first-order valence-electron chi connectivity index (χ1n) is 7.38. The molecule has 3 nitrogen and oxygen atoms in total. The maximum Gasteiger partial charge on any atom is 0.221 e. The number of nitrogens with zero attached hydrogens (tertiary/aromatic N) is 2. The summed E-state index contributed by atoms with van der Waals surface area (Å²) < 4.78 is 0. The Morgan fingerprint density at radius 2 is 1.82 bits per heavy atom. The zero-order valence-electron chi connectivity index (χ0n) is 14.1. The highest BCUT2D eigenvalue weighted by Gasteiger charge is 1.94. The highest BCUT2D eigenvalue weighted by molar-refractivity contribution is 6.02. The Bertz CT molecular complexity index is 615. The molecule has 0 heterocycles. The maximum absolute atomic E-state index is 4.40. The van der Waals surface area contributed by atoms with Gasteiger partial charge in [0.15, 0.2) is 0 Å². The Labute approximate surface area is 133 Å². The average Bonchev–Trinajstić information content (AvgIpc) is 2.51. The third-order valence-corrected chi connectivity index (χ3v) is 3.06. The van der Waals surface area contributed by atoms with E-state index in [0.717, 1.165) is 5.71 Å². The van der Waals surface area contributed by atoms with Crippen LogP contribution in [0.25, 0.3) is 5.57 Å². The SMILES string of the molecule is C/C=C/NC(=NC)/N=C(C)/C=C\C=C(/C)c1ccc(C)cc1. The largest absolute Gasteiger partial charge is 0.331 e. The normalized spacial score (nSPS) is 14.1. The van der Waals surface area contributed by atoms with E-state index in [-0.39, 0.29) is 0 Å². The molecule has 3 heteroatoms. The van der Waals surface area contributed by atoms with E-state index in [1.165, 1.54) is 16.7 Å². The zero-order chi connectivity index (χ0) is 16.4. The van der Waals surface area contributed by atoms with Crippen LogP contribution in [0.1, 0.15) is 31.9 Å². The summed E-state index contributed by atoms with van der Waals surface area (Å²) in [4.78, 5) is 8.48. The lowest BCUT2D eigenvalue weighted by Gasteiger charge is -2.01. The van der Waals surface area contributed by atoms with Crippen LogP contribution < -0.4 is 5.32 Å². The van der Waals surface area contributed by atoms with E-state index < -0.39 is 0 Å². The molecule has 0 spiro atoms. The monoisotopic (exact) mass is 295 g/mol. The maximum atomic E-state index is 4.40. The van der Waals surface area contributed by atoms with Gasteiger partial charge in [-0.2, -0.15) is 0 Å². The molecular weight excluding hydrogens is 270 g/mol. The topological polar surface area (TPSA) is 36.8 Å². The first kappa shape index (κ1) is 17.6. The lowest BCUT2D eigenvalue weighted by molar-refractivity contribution is 1.19. The molecule has 1 rings (SSSR count). The summed E-state index contributed by atoms with van der Waals surface area (Å²) in [7, 11) is 1.72. The van der Waals surface area contributed by atoms with Crippen molar-refractivity contribution < 1.29 is 0 Å². The predicted molar refractivity (Wildman–Crippen MR) is 98.4 cm³/mol. The van der Waals surface area contributed by atoms with E-state index in [0.29, 0.717) is 5.96 Å². The first-order chi connectivity index (χ1) is 10.6. The van der Waals surface area contributed by atoms with Gasteiger partial charge in [-0.1, -0.05) is 48.1 Å². The van der Waals surface area contributed by atoms with Gasteiger partial charge in [-0.25, -0.2) is 4.99 Å². The molecule has 0 fully saturated rings. The van der Waals surface area contributed by atoms with Crippen LogP contribution in [0, 0.1) is 6.92 Å². The fourth-order valence-electron chi connectivity index (χ4n) is 1.75. The van der Waals surface area contributed by atoms with Crippen molar-refractivity contribution in [3.05, 3.63) is 65.9 Å². The highest BCUT2D eigenvalue weighted by Crippen LogP contribution is 2.14. The highest BCUT2D eigenvalue weighted by atomic mass is 15.1. The van der Waals surface area contributed by atoms with Crippen LogP contribution in [0.3, 0.4) is 0 Å². The van der Waals surface area contributed by atoms with Crippen molar-refractivity contribution in [2.24, 2.45) is 9.98 Å². The summed E-state index contributed by atoms with van der Waals surface area (Å²) >= 11 is 0. The molecule has 1 aromatic carbocycles. The van der Waals surface area contributed by atoms with Crippen LogP contribution in [0.15, 0.2) is 64.8 Å². The number of nitrogens with one attached hydrogen (secondary N) is 1. The van der Waals surface area contributed by atoms with Gasteiger partial charge >= 0.3 is 0 Å². The van der Waals surface area contributed by atoms with Crippen molar-refractivity contribution in [1.82, 2.24) is 5.32 Å². The fourth-order valence-corrected chi connectivity index (χ4v) is 1.75. The minimum atomic E-state index is 0.597. The number of hydrogen-bond donors (Lipinski definition) is 1. The molecule has 0 bridgehead atoms. The van der Waals surface area contributed by atoms with E-state index in [9.17, 15) is 0 Å². The minimum absolute atomic E-state index is 0.597. The van der Waals surface area contributed by atoms with Gasteiger partial charge in [-0.05, 0) is 51.1 Å². The fraction of sp³-hybridized carbons (Fsp3) is 0.263. The minimum Gasteiger partial charge on any atom is -0.331 e. The molecule has 116 valence electrons. The first-order valence-corrected chi connectivity index (χ1v) is 7.38. The van der Waals surface area contributed by atoms with Gasteiger partial charge in [0, 0.05) is 12.8 Å². The molecule has 0 unspecified atom stereocenters. The molecule has 0 aliphatic heterocycles. The number of benzene rings is 1. The predicted octanol–water partition coefficient (Wildman–Crippen LogP) is 4.52. The molecule has 22 heavy (non-hydrogen) atoms. The molecule has 0 saturated heterocycles. The molecule has 0 radical (unpaired) electrons. The molecular formula is C19H25N3. The Hall–Kier alpha value is -2.42. The van der Waals surface area contributed by atoms with Crippen molar-refractivity contribution in [1.29, 1.82) is 0 Å². The van der Waals surface area contributed by atoms with E-state index >= 15 is 0 Å². The van der Waals surface area contributed by atoms with Crippen molar-refractivity contribution in [3.63, 3.8) is 0 Å². The van der Waals surface area contributed by atoms with Crippen LogP contribution in [-0.2, 0) is 0 Å². The summed E-state index contributed by atoms with van der Waals surface area (Å²) in [5, 5.41) is 3.01. The second-order valence-electron chi connectivity index (χ2n) is 5.02. The average molecular weight is 295 g/mol. The zero-order valence-corrected chi connectivity index (χ0v) is 14.1. The van der Waals surface area contributed by atoms with Gasteiger partial charge in [0.05, 0.1) is 0 Å². The smallest absolute Gasteiger partial charge is 0.221 e. The van der Waals surface area contributed by atoms with Crippen molar-refractivity contribution in [3.8, 4) is 0 Å². The number of guanidine groups is 1. The van der Waals surface area contributed by atoms with Gasteiger partial charge in [0.1, 0.15) is 0 Å². The van der Waals surface area contributed by atoms with Gasteiger partial charge in [-0.15, -0.1) is 0 Å². The van der Waals surface area contributed by atoms with Crippen LogP contribution in [0.5, 0.6) is 0 Å². The number of aryl methyl sites for hydroxylation is 1. The van der Waals surface area contributed by atoms with Crippen molar-refractivity contribution in [2.75, 3.05) is 7.05 Å². The molecule has 1 N–H and O–H groups in total. The van der Waals surface area contributed by atoms with Gasteiger partial charge in [-0.3, -0.25) is 4.99 Å². The van der Waals surface area contributed by atoms with Crippen molar-refractivity contribution in [2.45, 2.75) is 27.7 Å². The Morgan fingerprint density at radius 3 is 2.41 bits per heavy atom. The van der Waals surface area contributed by atoms with E-state index in [4.69, 9.17) is 0 Å². The number of hydrogen-bond acceptors (Lipinski definition) is 1. The van der Waals surface area contributed by atoms with E-state index in [1.54, 1.807) is 7.05 Å². The van der Waals surface area contributed by atoms with Gasteiger partial charge in [0.25, 0.3) is 0 Å². The third-order valence-electron chi connectivity index (χ3n) is 3.06. The standard InChI is InChI=1S/C19H25N3/c1-6-14-21-19(20-5)22-17(4)9-7-8-16(3)18-12-10-15(2)11-13-18/h6-14H,1-5H3,(H,20,21)/b9-7-,14-6+,16-8+,22-17+. The summed E-state index contributed by atoms with van der Waals surface area (Å²) in [5.41, 5.74) is 4.62. The van der Waals surface area contributed by atoms with E-state index in [1.807, 2.05) is 38.3 Å². The Morgan fingerprint density at radius 1 is 1.14 bits per heavy atom. The summed E-state index contributed by atoms with van der Waals surface area (Å²) in [6.45, 7) is 8.09. The summed E-state index contributed by atoms with van der Waals surface area (Å²) in [5.74, 6) is 0.597. The molecule has 0 aliphatic carbocycles. The number of rotatable bonds is 4. The van der Waals surface area contributed by atoms with Crippen LogP contribution in [0.4, 0.5) is 0 Å². The second-order valence-corrected chi connectivity index (χ2v) is 5.02. The van der Waals surface area contributed by atoms with Crippen LogP contribution in [0.2, 0.25) is 0 Å². The molecule has 0 amide bonds. The quantitative estimate of drug-likeness (QED) is 0.495. The lowest BCUT2D eigenvalue weighted by atomic mass is 10.1. The molecule has 0 saturated carbocycles. The number of allylic oxidation sites excluding steroid dienone is 5. The van der Waals surface area contributed by atoms with Crippen LogP contribution in [-0.4, -0.2) is 18.7 Å². The van der Waals surface area contributed by atoms with Crippen LogP contribution >= 0.6 is 0 Å². The molecule has 0 atom stereocenters. The van der Waals surface area contributed by atoms with Gasteiger partial charge in [0.2, 0.25) is 5.96 Å². The molecule has 1 aromatic rings. The summed E-state index contributed by atoms with van der Waals surface area (Å²) in [6.07, 6.45) is 9.78. The summed E-state index contributed by atoms with van der Waals surface area (Å²) in [6, 6.07) is 8.53. The molecule has 0 aliphatic rings. The third kappa shape index (κ3) is 6.35. The van der Waals surface area contributed by atoms with Crippen molar-refractivity contribution >= 4 is 17.2 Å². The number of aliphatic imine (C=N–C) groups is 2. The second kappa shape index (κ2) is 9.50. The van der Waals surface area contributed by atoms with E-state index in [2.05, 4.69) is 59.5 Å². The Balaban J connectivity index is 2.74. The molecule has 0 aromatic heterocycles.